The van der Waals surface area contributed by atoms with Gasteiger partial charge in [-0.1, -0.05) is 30.3 Å². The molecule has 8 N–H and O–H groups in total. The Hall–Kier alpha value is -3.51. The van der Waals surface area contributed by atoms with E-state index in [-0.39, 0.29) is 6.42 Å². The van der Waals surface area contributed by atoms with Gasteiger partial charge < -0.3 is 37.2 Å². The standard InChI is InChI=1S/C22H33N5O7/c1-11(18(29)26-13(3)22(33)34)24-20(31)16(10-15-8-6-5-7-9-15)27-19(30)12(2)25-21(32)17(23)14(4)28/h5-9,11-14,16-17,28H,10,23H2,1-4H3,(H,24,31)(H,25,32)(H,26,29)(H,27,30)(H,33,34)/t11-,12-,13-,14+,16-,17-/m0/s1. The van der Waals surface area contributed by atoms with Crippen LogP contribution in [0.4, 0.5) is 0 Å². The third-order valence-corrected chi connectivity index (χ3v) is 4.97. The third-order valence-electron chi connectivity index (χ3n) is 4.97. The Morgan fingerprint density at radius 2 is 1.24 bits per heavy atom. The molecule has 34 heavy (non-hydrogen) atoms. The number of nitrogens with one attached hydrogen (secondary N) is 4. The van der Waals surface area contributed by atoms with Crippen LogP contribution in [0, 0.1) is 0 Å². The van der Waals surface area contributed by atoms with Crippen molar-refractivity contribution >= 4 is 29.6 Å². The maximum Gasteiger partial charge on any atom is 0.325 e. The lowest BCUT2D eigenvalue weighted by molar-refractivity contribution is -0.141. The highest BCUT2D eigenvalue weighted by Gasteiger charge is 2.29. The lowest BCUT2D eigenvalue weighted by Gasteiger charge is -2.24. The zero-order valence-corrected chi connectivity index (χ0v) is 19.6. The van der Waals surface area contributed by atoms with Crippen molar-refractivity contribution in [2.45, 2.75) is 70.4 Å². The van der Waals surface area contributed by atoms with Gasteiger partial charge in [-0.05, 0) is 33.3 Å². The van der Waals surface area contributed by atoms with E-state index < -0.39 is 65.9 Å². The first-order chi connectivity index (χ1) is 15.8. The Bertz CT molecular complexity index is 878. The third kappa shape index (κ3) is 9.16. The first kappa shape index (κ1) is 28.5. The van der Waals surface area contributed by atoms with E-state index in [1.807, 2.05) is 0 Å². The van der Waals surface area contributed by atoms with Crippen molar-refractivity contribution in [3.63, 3.8) is 0 Å². The fraction of sp³-hybridized carbons (Fsp3) is 0.500. The molecule has 188 valence electrons. The summed E-state index contributed by atoms with van der Waals surface area (Å²) < 4.78 is 0. The van der Waals surface area contributed by atoms with Gasteiger partial charge >= 0.3 is 5.97 Å². The second kappa shape index (κ2) is 13.3. The maximum absolute atomic E-state index is 12.9. The van der Waals surface area contributed by atoms with Crippen molar-refractivity contribution in [1.82, 2.24) is 21.3 Å². The molecule has 0 spiro atoms. The van der Waals surface area contributed by atoms with E-state index in [9.17, 15) is 29.1 Å². The number of hydrogen-bond donors (Lipinski definition) is 7. The van der Waals surface area contributed by atoms with Gasteiger partial charge in [-0.3, -0.25) is 24.0 Å². The van der Waals surface area contributed by atoms with Crippen molar-refractivity contribution < 1.29 is 34.2 Å². The number of carbonyl (C=O) groups excluding carboxylic acids is 4. The normalized spacial score (nSPS) is 16.1. The van der Waals surface area contributed by atoms with E-state index in [2.05, 4.69) is 21.3 Å². The zero-order chi connectivity index (χ0) is 26.0. The number of carboxylic acids is 1. The average molecular weight is 480 g/mol. The van der Waals surface area contributed by atoms with Crippen LogP contribution in [0.3, 0.4) is 0 Å². The molecule has 0 aliphatic carbocycles. The number of rotatable bonds is 12. The molecule has 4 amide bonds. The van der Waals surface area contributed by atoms with Gasteiger partial charge in [0.25, 0.3) is 0 Å². The van der Waals surface area contributed by atoms with Gasteiger partial charge in [0.15, 0.2) is 0 Å². The predicted octanol–water partition coefficient (Wildman–Crippen LogP) is -1.98. The number of carbonyl (C=O) groups is 5. The minimum Gasteiger partial charge on any atom is -0.480 e. The molecule has 0 aliphatic rings. The number of nitrogens with two attached hydrogens (primary N) is 1. The molecule has 0 unspecified atom stereocenters. The summed E-state index contributed by atoms with van der Waals surface area (Å²) >= 11 is 0. The highest BCUT2D eigenvalue weighted by molar-refractivity contribution is 5.95. The molecule has 0 aromatic heterocycles. The summed E-state index contributed by atoms with van der Waals surface area (Å²) in [5.41, 5.74) is 6.29. The van der Waals surface area contributed by atoms with E-state index in [0.29, 0.717) is 0 Å². The molecule has 6 atom stereocenters. The van der Waals surface area contributed by atoms with Gasteiger partial charge in [-0.25, -0.2) is 0 Å². The number of aliphatic carboxylic acids is 1. The first-order valence-electron chi connectivity index (χ1n) is 10.7. The molecule has 0 saturated heterocycles. The highest BCUT2D eigenvalue weighted by atomic mass is 16.4. The van der Waals surface area contributed by atoms with Crippen LogP contribution in [0.25, 0.3) is 0 Å². The fourth-order valence-corrected chi connectivity index (χ4v) is 2.73. The Morgan fingerprint density at radius 3 is 1.74 bits per heavy atom. The van der Waals surface area contributed by atoms with E-state index >= 15 is 0 Å². The SMILES string of the molecule is C[C@H](NC(=O)[C@H](C)NC(=O)[C@H](Cc1ccccc1)NC(=O)[C@H](C)NC(=O)[C@@H](N)[C@@H](C)O)C(=O)O. The first-order valence-corrected chi connectivity index (χ1v) is 10.7. The van der Waals surface area contributed by atoms with Gasteiger partial charge in [0.05, 0.1) is 6.10 Å². The van der Waals surface area contributed by atoms with Gasteiger partial charge in [-0.2, -0.15) is 0 Å². The van der Waals surface area contributed by atoms with Gasteiger partial charge in [0.2, 0.25) is 23.6 Å². The summed E-state index contributed by atoms with van der Waals surface area (Å²) in [6, 6.07) is 3.18. The zero-order valence-electron chi connectivity index (χ0n) is 19.6. The molecule has 0 aliphatic heterocycles. The maximum atomic E-state index is 12.9. The summed E-state index contributed by atoms with van der Waals surface area (Å²) in [5.74, 6) is -4.03. The summed E-state index contributed by atoms with van der Waals surface area (Å²) in [5, 5.41) is 28.0. The molecule has 0 heterocycles. The Labute approximate surface area is 197 Å². The predicted molar refractivity (Wildman–Crippen MR) is 122 cm³/mol. The van der Waals surface area contributed by atoms with Crippen LogP contribution >= 0.6 is 0 Å². The molecule has 0 bridgehead atoms. The molecular weight excluding hydrogens is 446 g/mol. The van der Waals surface area contributed by atoms with Crippen LogP contribution in [0.2, 0.25) is 0 Å². The molecule has 0 radical (unpaired) electrons. The van der Waals surface area contributed by atoms with Gasteiger partial charge in [0.1, 0.15) is 30.2 Å². The van der Waals surface area contributed by atoms with Crippen molar-refractivity contribution in [2.24, 2.45) is 5.73 Å². The van der Waals surface area contributed by atoms with Crippen molar-refractivity contribution in [2.75, 3.05) is 0 Å². The molecule has 12 heteroatoms. The minimum absolute atomic E-state index is 0.0894. The van der Waals surface area contributed by atoms with Crippen molar-refractivity contribution in [3.8, 4) is 0 Å². The number of aliphatic hydroxyl groups excluding tert-OH is 1. The Kier molecular flexibility index (Phi) is 11.1. The number of hydrogen-bond acceptors (Lipinski definition) is 7. The van der Waals surface area contributed by atoms with Crippen LogP contribution in [-0.4, -0.2) is 76.1 Å². The number of amides is 4. The van der Waals surface area contributed by atoms with E-state index in [1.54, 1.807) is 30.3 Å². The molecule has 1 aromatic rings. The smallest absolute Gasteiger partial charge is 0.325 e. The molecule has 1 rings (SSSR count). The Morgan fingerprint density at radius 1 is 0.765 bits per heavy atom. The lowest BCUT2D eigenvalue weighted by Crippen LogP contribution is -2.58. The van der Waals surface area contributed by atoms with Crippen LogP contribution in [0.15, 0.2) is 30.3 Å². The van der Waals surface area contributed by atoms with E-state index in [1.165, 1.54) is 27.7 Å². The number of carboxylic acid groups (broad SMARTS) is 1. The van der Waals surface area contributed by atoms with Crippen LogP contribution in [0.1, 0.15) is 33.3 Å². The summed E-state index contributed by atoms with van der Waals surface area (Å²) in [4.78, 5) is 60.7. The van der Waals surface area contributed by atoms with E-state index in [4.69, 9.17) is 10.8 Å². The number of benzene rings is 1. The number of aliphatic hydroxyl groups is 1. The molecule has 0 saturated carbocycles. The average Bonchev–Trinajstić information content (AvgIpc) is 2.78. The second-order valence-corrected chi connectivity index (χ2v) is 8.05. The fourth-order valence-electron chi connectivity index (χ4n) is 2.73. The molecular formula is C22H33N5O7. The topological polar surface area (TPSA) is 200 Å². The molecule has 12 nitrogen and oxygen atoms in total. The summed E-state index contributed by atoms with van der Waals surface area (Å²) in [6.45, 7) is 5.39. The van der Waals surface area contributed by atoms with E-state index in [0.717, 1.165) is 5.56 Å². The lowest BCUT2D eigenvalue weighted by atomic mass is 10.0. The van der Waals surface area contributed by atoms with Crippen LogP contribution < -0.4 is 27.0 Å². The monoisotopic (exact) mass is 479 g/mol. The van der Waals surface area contributed by atoms with Crippen molar-refractivity contribution in [1.29, 1.82) is 0 Å². The molecule has 0 fully saturated rings. The Balaban J connectivity index is 2.91. The van der Waals surface area contributed by atoms with Gasteiger partial charge in [-0.15, -0.1) is 0 Å². The molecule has 1 aromatic carbocycles. The minimum atomic E-state index is -1.23. The summed E-state index contributed by atoms with van der Waals surface area (Å²) in [6.07, 6.45) is -1.03. The highest BCUT2D eigenvalue weighted by Crippen LogP contribution is 2.05. The van der Waals surface area contributed by atoms with Gasteiger partial charge in [0, 0.05) is 6.42 Å². The summed E-state index contributed by atoms with van der Waals surface area (Å²) in [7, 11) is 0. The van der Waals surface area contributed by atoms with Crippen molar-refractivity contribution in [3.05, 3.63) is 35.9 Å². The quantitative estimate of drug-likeness (QED) is 0.179. The largest absolute Gasteiger partial charge is 0.480 e. The van der Waals surface area contributed by atoms with Crippen LogP contribution in [0.5, 0.6) is 0 Å². The van der Waals surface area contributed by atoms with Crippen LogP contribution in [-0.2, 0) is 30.4 Å². The second-order valence-electron chi connectivity index (χ2n) is 8.05.